The van der Waals surface area contributed by atoms with E-state index >= 15 is 0 Å². The topological polar surface area (TPSA) is 81.5 Å². The second kappa shape index (κ2) is 13.1. The van der Waals surface area contributed by atoms with Gasteiger partial charge in [0, 0.05) is 6.07 Å². The minimum Gasteiger partial charge on any atom is -0.461 e. The molecular formula is C21H34N2O4. The number of anilines is 1. The van der Waals surface area contributed by atoms with Gasteiger partial charge in [0.2, 0.25) is 0 Å². The summed E-state index contributed by atoms with van der Waals surface area (Å²) in [5.41, 5.74) is 0.285. The lowest BCUT2D eigenvalue weighted by molar-refractivity contribution is -0.383. The Balaban J connectivity index is 0.000000523. The molecule has 3 rings (SSSR count). The number of nitro benzene ring substituents is 1. The number of nitrogens with zero attached hydrogens (tertiary/aromatic N) is 1. The average Bonchev–Trinajstić information content (AvgIpc) is 3.50. The van der Waals surface area contributed by atoms with Crippen LogP contribution in [0.4, 0.5) is 11.4 Å². The third-order valence-electron chi connectivity index (χ3n) is 4.06. The van der Waals surface area contributed by atoms with Crippen molar-refractivity contribution in [3.63, 3.8) is 0 Å². The molecule has 2 aliphatic rings. The number of hydrogen-bond donors (Lipinski definition) is 1. The van der Waals surface area contributed by atoms with Crippen LogP contribution in [0.2, 0.25) is 0 Å². The van der Waals surface area contributed by atoms with Crippen LogP contribution in [-0.2, 0) is 9.53 Å². The van der Waals surface area contributed by atoms with Gasteiger partial charge in [0.05, 0.1) is 4.92 Å². The van der Waals surface area contributed by atoms with E-state index < -0.39 is 4.92 Å². The first-order valence-electron chi connectivity index (χ1n) is 10.1. The maximum atomic E-state index is 11.8. The Labute approximate surface area is 162 Å². The molecule has 1 aromatic carbocycles. The normalized spacial score (nSPS) is 20.1. The molecule has 2 atom stereocenters. The standard InChI is InChI=1S/C15H20N2O4.C3H6.C3H8/c1-11-5-4-6-12(9-11)21-15(18)10-16-13-7-2-3-8-14(13)17(19)20;1-2-3-1;1-3-2/h2-3,7-8,11-12,16H,4-6,9-10H2,1H3;1-3H2;3H2,1-2H3. The highest BCUT2D eigenvalue weighted by atomic mass is 16.6. The lowest BCUT2D eigenvalue weighted by atomic mass is 9.89. The van der Waals surface area contributed by atoms with E-state index in [-0.39, 0.29) is 24.3 Å². The molecule has 2 unspecified atom stereocenters. The summed E-state index contributed by atoms with van der Waals surface area (Å²) in [6.07, 6.45) is 9.80. The molecule has 0 radical (unpaired) electrons. The van der Waals surface area contributed by atoms with Crippen molar-refractivity contribution in [3.8, 4) is 0 Å². The quantitative estimate of drug-likeness (QED) is 0.403. The van der Waals surface area contributed by atoms with Crippen LogP contribution in [0.15, 0.2) is 24.3 Å². The van der Waals surface area contributed by atoms with Gasteiger partial charge in [0.15, 0.2) is 0 Å². The van der Waals surface area contributed by atoms with Crippen LogP contribution in [-0.4, -0.2) is 23.5 Å². The maximum Gasteiger partial charge on any atom is 0.325 e. The Morgan fingerprint density at radius 2 is 1.81 bits per heavy atom. The minimum atomic E-state index is -0.476. The first kappa shape index (κ1) is 22.9. The lowest BCUT2D eigenvalue weighted by Crippen LogP contribution is -2.27. The van der Waals surface area contributed by atoms with Crippen LogP contribution in [0.3, 0.4) is 0 Å². The molecule has 0 spiro atoms. The second-order valence-electron chi connectivity index (χ2n) is 7.28. The zero-order chi connectivity index (χ0) is 20.1. The molecule has 0 aliphatic heterocycles. The molecule has 1 N–H and O–H groups in total. The summed E-state index contributed by atoms with van der Waals surface area (Å²) in [6, 6.07) is 6.25. The summed E-state index contributed by atoms with van der Waals surface area (Å²) in [5.74, 6) is 0.215. The largest absolute Gasteiger partial charge is 0.461 e. The summed E-state index contributed by atoms with van der Waals surface area (Å²) in [6.45, 7) is 6.35. The van der Waals surface area contributed by atoms with Gasteiger partial charge in [-0.15, -0.1) is 0 Å². The SMILES string of the molecule is C1CC1.CC1CCCC(OC(=O)CNc2ccccc2[N+](=O)[O-])C1.CCC. The Kier molecular flexibility index (Phi) is 11.1. The van der Waals surface area contributed by atoms with Crippen molar-refractivity contribution in [1.82, 2.24) is 0 Å². The maximum absolute atomic E-state index is 11.8. The van der Waals surface area contributed by atoms with Gasteiger partial charge in [-0.25, -0.2) is 0 Å². The first-order valence-corrected chi connectivity index (χ1v) is 10.1. The molecule has 0 amide bonds. The zero-order valence-electron chi connectivity index (χ0n) is 16.9. The van der Waals surface area contributed by atoms with E-state index in [2.05, 4.69) is 26.1 Å². The van der Waals surface area contributed by atoms with E-state index in [9.17, 15) is 14.9 Å². The first-order chi connectivity index (χ1) is 13.0. The molecule has 0 heterocycles. The fourth-order valence-electron chi connectivity index (χ4n) is 2.66. The third-order valence-corrected chi connectivity index (χ3v) is 4.06. The van der Waals surface area contributed by atoms with Gasteiger partial charge in [-0.3, -0.25) is 14.9 Å². The van der Waals surface area contributed by atoms with Crippen LogP contribution < -0.4 is 5.32 Å². The van der Waals surface area contributed by atoms with Gasteiger partial charge in [0.25, 0.3) is 5.69 Å². The van der Waals surface area contributed by atoms with E-state index in [0.717, 1.165) is 19.3 Å². The Hall–Kier alpha value is -2.11. The lowest BCUT2D eigenvalue weighted by Gasteiger charge is -2.26. The van der Waals surface area contributed by atoms with Gasteiger partial charge in [-0.05, 0) is 31.2 Å². The van der Waals surface area contributed by atoms with Crippen molar-refractivity contribution in [2.24, 2.45) is 5.92 Å². The summed E-state index contributed by atoms with van der Waals surface area (Å²) in [5, 5.41) is 13.6. The fourth-order valence-corrected chi connectivity index (χ4v) is 2.66. The van der Waals surface area contributed by atoms with Crippen molar-refractivity contribution < 1.29 is 14.5 Å². The molecule has 27 heavy (non-hydrogen) atoms. The number of hydrogen-bond acceptors (Lipinski definition) is 5. The smallest absolute Gasteiger partial charge is 0.325 e. The molecule has 2 aliphatic carbocycles. The summed E-state index contributed by atoms with van der Waals surface area (Å²) < 4.78 is 5.41. The number of nitrogens with one attached hydrogen (secondary N) is 1. The molecule has 1 aromatic rings. The molecule has 0 saturated heterocycles. The van der Waals surface area contributed by atoms with Gasteiger partial charge in [0.1, 0.15) is 18.3 Å². The van der Waals surface area contributed by atoms with Crippen molar-refractivity contribution in [1.29, 1.82) is 0 Å². The van der Waals surface area contributed by atoms with Gasteiger partial charge in [-0.2, -0.15) is 0 Å². The van der Waals surface area contributed by atoms with Crippen LogP contribution in [0.5, 0.6) is 0 Å². The van der Waals surface area contributed by atoms with E-state index in [4.69, 9.17) is 4.74 Å². The Morgan fingerprint density at radius 3 is 2.37 bits per heavy atom. The molecular weight excluding hydrogens is 344 g/mol. The van der Waals surface area contributed by atoms with Crippen molar-refractivity contribution in [2.45, 2.75) is 78.2 Å². The highest BCUT2D eigenvalue weighted by Crippen LogP contribution is 2.26. The number of nitro groups is 1. The molecule has 2 saturated carbocycles. The molecule has 6 nitrogen and oxygen atoms in total. The summed E-state index contributed by atoms with van der Waals surface area (Å²) in [7, 11) is 0. The highest BCUT2D eigenvalue weighted by Gasteiger charge is 2.22. The molecule has 6 heteroatoms. The molecule has 0 bridgehead atoms. The van der Waals surface area contributed by atoms with E-state index in [1.807, 2.05) is 0 Å². The number of ether oxygens (including phenoxy) is 1. The van der Waals surface area contributed by atoms with E-state index in [1.54, 1.807) is 18.2 Å². The number of benzene rings is 1. The molecule has 152 valence electrons. The van der Waals surface area contributed by atoms with Crippen molar-refractivity contribution >= 4 is 17.3 Å². The minimum absolute atomic E-state index is 0.0196. The van der Waals surface area contributed by atoms with Gasteiger partial charge in [-0.1, -0.05) is 65.0 Å². The highest BCUT2D eigenvalue weighted by molar-refractivity contribution is 5.76. The predicted molar refractivity (Wildman–Crippen MR) is 109 cm³/mol. The number of carbonyl (C=O) groups is 1. The summed E-state index contributed by atoms with van der Waals surface area (Å²) >= 11 is 0. The number of esters is 1. The van der Waals surface area contributed by atoms with E-state index in [0.29, 0.717) is 11.6 Å². The van der Waals surface area contributed by atoms with Crippen molar-refractivity contribution in [2.75, 3.05) is 11.9 Å². The Morgan fingerprint density at radius 1 is 1.19 bits per heavy atom. The number of rotatable bonds is 5. The number of carbonyl (C=O) groups excluding carboxylic acids is 1. The van der Waals surface area contributed by atoms with Gasteiger partial charge < -0.3 is 10.1 Å². The second-order valence-corrected chi connectivity index (χ2v) is 7.28. The van der Waals surface area contributed by atoms with E-state index in [1.165, 1.54) is 38.2 Å². The summed E-state index contributed by atoms with van der Waals surface area (Å²) in [4.78, 5) is 22.2. The van der Waals surface area contributed by atoms with Gasteiger partial charge >= 0.3 is 5.97 Å². The van der Waals surface area contributed by atoms with Crippen LogP contribution in [0.25, 0.3) is 0 Å². The average molecular weight is 379 g/mol. The fraction of sp³-hybridized carbons (Fsp3) is 0.667. The van der Waals surface area contributed by atoms with Crippen LogP contribution >= 0.6 is 0 Å². The van der Waals surface area contributed by atoms with Crippen LogP contribution in [0.1, 0.15) is 72.1 Å². The van der Waals surface area contributed by atoms with Crippen molar-refractivity contribution in [3.05, 3.63) is 34.4 Å². The molecule has 2 fully saturated rings. The Bertz CT molecular complexity index is 572. The predicted octanol–water partition coefficient (Wildman–Crippen LogP) is 5.72. The zero-order valence-corrected chi connectivity index (χ0v) is 16.9. The van der Waals surface area contributed by atoms with Crippen LogP contribution in [0, 0.1) is 16.0 Å². The third kappa shape index (κ3) is 10.6. The number of para-hydroxylation sites is 2. The molecule has 0 aromatic heterocycles. The monoisotopic (exact) mass is 378 g/mol.